The van der Waals surface area contributed by atoms with Crippen molar-refractivity contribution >= 4 is 39.2 Å². The van der Waals surface area contributed by atoms with Crippen LogP contribution in [0, 0.1) is 0 Å². The van der Waals surface area contributed by atoms with Crippen LogP contribution in [0.3, 0.4) is 0 Å². The van der Waals surface area contributed by atoms with Crippen molar-refractivity contribution in [3.05, 3.63) is 28.2 Å². The van der Waals surface area contributed by atoms with E-state index in [1.165, 1.54) is 18.2 Å². The van der Waals surface area contributed by atoms with Gasteiger partial charge in [0.15, 0.2) is 6.10 Å². The third-order valence-electron chi connectivity index (χ3n) is 1.96. The highest BCUT2D eigenvalue weighted by Gasteiger charge is 2.22. The number of sulfonamides is 1. The molecule has 1 aromatic carbocycles. The first-order valence-electron chi connectivity index (χ1n) is 4.60. The molecule has 18 heavy (non-hydrogen) atoms. The maximum Gasteiger partial charge on any atom is 0.333 e. The summed E-state index contributed by atoms with van der Waals surface area (Å²) in [5, 5.41) is 17.3. The molecule has 3 N–H and O–H groups in total. The molecule has 0 saturated carbocycles. The average molecular weight is 314 g/mol. The molecule has 1 atom stereocenters. The zero-order chi connectivity index (χ0) is 13.9. The predicted molar refractivity (Wildman–Crippen MR) is 65.3 cm³/mol. The fourth-order valence-electron chi connectivity index (χ4n) is 1.05. The van der Waals surface area contributed by atoms with E-state index in [1.807, 2.05) is 4.72 Å². The largest absolute Gasteiger partial charge is 0.479 e. The summed E-state index contributed by atoms with van der Waals surface area (Å²) in [6.45, 7) is -0.666. The predicted octanol–water partition coefficient (Wildman–Crippen LogP) is 0.717. The Bertz CT molecular complexity index is 560. The van der Waals surface area contributed by atoms with Crippen molar-refractivity contribution < 1.29 is 23.4 Å². The van der Waals surface area contributed by atoms with Crippen LogP contribution < -0.4 is 4.72 Å². The standard InChI is InChI=1S/C9H9Cl2NO5S/c10-5-2-1-3-7(8(5)11)18(16,17)12-4-6(13)9(14)15/h1-3,6,12-13H,4H2,(H,14,15). The molecule has 0 aliphatic carbocycles. The van der Waals surface area contributed by atoms with Crippen molar-refractivity contribution in [3.8, 4) is 0 Å². The summed E-state index contributed by atoms with van der Waals surface area (Å²) in [6, 6.07) is 4.01. The summed E-state index contributed by atoms with van der Waals surface area (Å²) in [6.07, 6.45) is -1.84. The summed E-state index contributed by atoms with van der Waals surface area (Å²) in [7, 11) is -4.03. The molecule has 0 saturated heterocycles. The molecular formula is C9H9Cl2NO5S. The molecule has 9 heteroatoms. The van der Waals surface area contributed by atoms with Crippen molar-refractivity contribution in [2.45, 2.75) is 11.0 Å². The van der Waals surface area contributed by atoms with Gasteiger partial charge in [0.1, 0.15) is 4.90 Å². The van der Waals surface area contributed by atoms with Crippen LogP contribution >= 0.6 is 23.2 Å². The van der Waals surface area contributed by atoms with Gasteiger partial charge in [-0.05, 0) is 12.1 Å². The highest BCUT2D eigenvalue weighted by Crippen LogP contribution is 2.28. The van der Waals surface area contributed by atoms with Crippen molar-refractivity contribution in [3.63, 3.8) is 0 Å². The number of rotatable bonds is 5. The van der Waals surface area contributed by atoms with E-state index in [4.69, 9.17) is 33.4 Å². The third-order valence-corrected chi connectivity index (χ3v) is 4.35. The van der Waals surface area contributed by atoms with Crippen LogP contribution in [0.5, 0.6) is 0 Å². The van der Waals surface area contributed by atoms with E-state index in [0.29, 0.717) is 0 Å². The molecule has 0 spiro atoms. The summed E-state index contributed by atoms with van der Waals surface area (Å²) >= 11 is 11.4. The van der Waals surface area contributed by atoms with Gasteiger partial charge in [-0.3, -0.25) is 0 Å². The van der Waals surface area contributed by atoms with Crippen LogP contribution in [0.1, 0.15) is 0 Å². The monoisotopic (exact) mass is 313 g/mol. The van der Waals surface area contributed by atoms with Gasteiger partial charge in [-0.1, -0.05) is 29.3 Å². The summed E-state index contributed by atoms with van der Waals surface area (Å²) in [5.41, 5.74) is 0. The number of carboxylic acid groups (broad SMARTS) is 1. The Hall–Kier alpha value is -0.860. The zero-order valence-electron chi connectivity index (χ0n) is 8.80. The highest BCUT2D eigenvalue weighted by atomic mass is 35.5. The highest BCUT2D eigenvalue weighted by molar-refractivity contribution is 7.89. The normalized spacial score (nSPS) is 13.3. The SMILES string of the molecule is O=C(O)C(O)CNS(=O)(=O)c1cccc(Cl)c1Cl. The summed E-state index contributed by atoms with van der Waals surface area (Å²) < 4.78 is 25.5. The van der Waals surface area contributed by atoms with E-state index in [2.05, 4.69) is 0 Å². The molecule has 0 aromatic heterocycles. The zero-order valence-corrected chi connectivity index (χ0v) is 11.1. The lowest BCUT2D eigenvalue weighted by atomic mass is 10.4. The number of benzene rings is 1. The van der Waals surface area contributed by atoms with Crippen molar-refractivity contribution in [2.75, 3.05) is 6.54 Å². The number of nitrogens with one attached hydrogen (secondary N) is 1. The molecular weight excluding hydrogens is 305 g/mol. The van der Waals surface area contributed by atoms with Crippen molar-refractivity contribution in [2.24, 2.45) is 0 Å². The topological polar surface area (TPSA) is 104 Å². The van der Waals surface area contributed by atoms with Gasteiger partial charge in [0.2, 0.25) is 10.0 Å². The maximum absolute atomic E-state index is 11.8. The first kappa shape index (κ1) is 15.2. The maximum atomic E-state index is 11.8. The Balaban J connectivity index is 2.94. The van der Waals surface area contributed by atoms with Gasteiger partial charge in [0.25, 0.3) is 0 Å². The van der Waals surface area contributed by atoms with E-state index in [1.54, 1.807) is 0 Å². The minimum Gasteiger partial charge on any atom is -0.479 e. The smallest absolute Gasteiger partial charge is 0.333 e. The van der Waals surface area contributed by atoms with E-state index < -0.39 is 28.6 Å². The Morgan fingerprint density at radius 1 is 1.39 bits per heavy atom. The van der Waals surface area contributed by atoms with Gasteiger partial charge < -0.3 is 10.2 Å². The number of carboxylic acids is 1. The van der Waals surface area contributed by atoms with Crippen LogP contribution in [0.2, 0.25) is 10.0 Å². The second-order valence-electron chi connectivity index (χ2n) is 3.26. The molecule has 0 heterocycles. The number of aliphatic hydroxyl groups excluding tert-OH is 1. The molecule has 1 rings (SSSR count). The number of hydrogen-bond acceptors (Lipinski definition) is 4. The van der Waals surface area contributed by atoms with Crippen molar-refractivity contribution in [1.82, 2.24) is 4.72 Å². The summed E-state index contributed by atoms with van der Waals surface area (Å²) in [5.74, 6) is -1.53. The van der Waals surface area contributed by atoms with Crippen LogP contribution in [-0.2, 0) is 14.8 Å². The van der Waals surface area contributed by atoms with Crippen LogP contribution in [0.15, 0.2) is 23.1 Å². The van der Waals surface area contributed by atoms with Gasteiger partial charge in [0, 0.05) is 6.54 Å². The number of carbonyl (C=O) groups is 1. The lowest BCUT2D eigenvalue weighted by Crippen LogP contribution is -2.36. The quantitative estimate of drug-likeness (QED) is 0.743. The average Bonchev–Trinajstić information content (AvgIpc) is 2.29. The number of aliphatic hydroxyl groups is 1. The van der Waals surface area contributed by atoms with Crippen LogP contribution in [0.4, 0.5) is 0 Å². The first-order chi connectivity index (χ1) is 8.25. The fraction of sp³-hybridized carbons (Fsp3) is 0.222. The number of hydrogen-bond donors (Lipinski definition) is 3. The first-order valence-corrected chi connectivity index (χ1v) is 6.84. The molecule has 1 aromatic rings. The van der Waals surface area contributed by atoms with Crippen LogP contribution in [-0.4, -0.2) is 37.2 Å². The molecule has 1 unspecified atom stereocenters. The van der Waals surface area contributed by atoms with Crippen molar-refractivity contribution in [1.29, 1.82) is 0 Å². The molecule has 0 bridgehead atoms. The minimum absolute atomic E-state index is 0.0540. The lowest BCUT2D eigenvalue weighted by Gasteiger charge is -2.10. The van der Waals surface area contributed by atoms with Gasteiger partial charge in [-0.25, -0.2) is 17.9 Å². The van der Waals surface area contributed by atoms with Gasteiger partial charge in [-0.2, -0.15) is 0 Å². The van der Waals surface area contributed by atoms with E-state index in [9.17, 15) is 13.2 Å². The Morgan fingerprint density at radius 3 is 2.56 bits per heavy atom. The summed E-state index contributed by atoms with van der Waals surface area (Å²) in [4.78, 5) is 10.1. The van der Waals surface area contributed by atoms with Gasteiger partial charge in [0.05, 0.1) is 10.0 Å². The molecule has 100 valence electrons. The molecule has 0 fully saturated rings. The third kappa shape index (κ3) is 3.56. The minimum atomic E-state index is -4.03. The van der Waals surface area contributed by atoms with E-state index >= 15 is 0 Å². The number of aliphatic carboxylic acids is 1. The molecule has 0 aliphatic heterocycles. The van der Waals surface area contributed by atoms with E-state index in [0.717, 1.165) is 0 Å². The Labute approximate surface area is 113 Å². The second kappa shape index (κ2) is 5.85. The molecule has 6 nitrogen and oxygen atoms in total. The Kier molecular flexibility index (Phi) is 4.94. The van der Waals surface area contributed by atoms with Gasteiger partial charge >= 0.3 is 5.97 Å². The second-order valence-corrected chi connectivity index (χ2v) is 5.78. The molecule has 0 amide bonds. The van der Waals surface area contributed by atoms with E-state index in [-0.39, 0.29) is 14.9 Å². The molecule has 0 aliphatic rings. The Morgan fingerprint density at radius 2 is 2.00 bits per heavy atom. The van der Waals surface area contributed by atoms with Crippen LogP contribution in [0.25, 0.3) is 0 Å². The molecule has 0 radical (unpaired) electrons. The lowest BCUT2D eigenvalue weighted by molar-refractivity contribution is -0.146. The fourth-order valence-corrected chi connectivity index (χ4v) is 2.84. The number of halogens is 2. The van der Waals surface area contributed by atoms with Gasteiger partial charge in [-0.15, -0.1) is 0 Å².